The van der Waals surface area contributed by atoms with Crippen molar-refractivity contribution >= 4 is 21.6 Å². The van der Waals surface area contributed by atoms with E-state index in [0.29, 0.717) is 5.82 Å². The van der Waals surface area contributed by atoms with E-state index in [1.165, 1.54) is 18.3 Å². The maximum atomic E-state index is 14.0. The first-order valence-corrected chi connectivity index (χ1v) is 12.4. The topological polar surface area (TPSA) is 101 Å². The summed E-state index contributed by atoms with van der Waals surface area (Å²) in [6, 6.07) is 3.16. The summed E-state index contributed by atoms with van der Waals surface area (Å²) in [5.74, 6) is -0.738. The fourth-order valence-electron chi connectivity index (χ4n) is 3.34. The molecule has 10 heteroatoms. The predicted molar refractivity (Wildman–Crippen MR) is 116 cm³/mol. The van der Waals surface area contributed by atoms with Crippen molar-refractivity contribution in [1.29, 1.82) is 0 Å². The highest BCUT2D eigenvalue weighted by molar-refractivity contribution is 7.93. The second-order valence-electron chi connectivity index (χ2n) is 8.31. The van der Waals surface area contributed by atoms with Gasteiger partial charge in [-0.1, -0.05) is 12.1 Å². The van der Waals surface area contributed by atoms with Crippen molar-refractivity contribution in [1.82, 2.24) is 15.3 Å². The molecular weight excluding hydrogens is 438 g/mol. The summed E-state index contributed by atoms with van der Waals surface area (Å²) in [6.07, 6.45) is 7.64. The van der Waals surface area contributed by atoms with Gasteiger partial charge in [0.2, 0.25) is 0 Å². The normalized spacial score (nSPS) is 17.3. The molecule has 1 amide bonds. The number of aromatic nitrogens is 2. The van der Waals surface area contributed by atoms with Crippen LogP contribution >= 0.6 is 0 Å². The Bertz CT molecular complexity index is 1140. The smallest absolute Gasteiger partial charge is 0.257 e. The van der Waals surface area contributed by atoms with Gasteiger partial charge in [0.05, 0.1) is 6.04 Å². The van der Waals surface area contributed by atoms with E-state index in [1.54, 1.807) is 0 Å². The number of amides is 1. The molecule has 1 atom stereocenters. The van der Waals surface area contributed by atoms with E-state index < -0.39 is 33.4 Å². The van der Waals surface area contributed by atoms with Crippen LogP contribution in [0.5, 0.6) is 0 Å². The van der Waals surface area contributed by atoms with Crippen LogP contribution in [0.1, 0.15) is 53.3 Å². The van der Waals surface area contributed by atoms with Crippen molar-refractivity contribution in [3.8, 4) is 0 Å². The number of hydrogen-bond donors (Lipinski definition) is 2. The van der Waals surface area contributed by atoms with Gasteiger partial charge < -0.3 is 10.6 Å². The number of nitrogens with one attached hydrogen (secondary N) is 2. The first kappa shape index (κ1) is 22.3. The van der Waals surface area contributed by atoms with Crippen molar-refractivity contribution in [2.24, 2.45) is 5.92 Å². The zero-order chi connectivity index (χ0) is 22.9. The summed E-state index contributed by atoms with van der Waals surface area (Å²) >= 11 is 0. The molecule has 1 aromatic carbocycles. The first-order chi connectivity index (χ1) is 15.2. The molecule has 1 aromatic heterocycles. The average molecular weight is 463 g/mol. The second-order valence-corrected chi connectivity index (χ2v) is 10.2. The minimum atomic E-state index is -3.33. The summed E-state index contributed by atoms with van der Waals surface area (Å²) < 4.78 is 51.0. The number of hydrogen-bond acceptors (Lipinski definition) is 6. The molecule has 2 aliphatic rings. The molecular formula is C22H24F2N4O3S. The van der Waals surface area contributed by atoms with Crippen LogP contribution in [-0.4, -0.2) is 36.6 Å². The van der Waals surface area contributed by atoms with Gasteiger partial charge in [-0.3, -0.25) is 4.79 Å². The van der Waals surface area contributed by atoms with E-state index in [9.17, 15) is 22.0 Å². The zero-order valence-corrected chi connectivity index (χ0v) is 18.3. The highest BCUT2D eigenvalue weighted by Crippen LogP contribution is 2.38. The van der Waals surface area contributed by atoms with Gasteiger partial charge in [-0.15, -0.1) is 0 Å². The van der Waals surface area contributed by atoms with Crippen LogP contribution in [0.15, 0.2) is 35.9 Å². The molecule has 0 unspecified atom stereocenters. The Morgan fingerprint density at radius 2 is 1.91 bits per heavy atom. The number of benzene rings is 1. The molecule has 0 aliphatic heterocycles. The van der Waals surface area contributed by atoms with Crippen molar-refractivity contribution in [3.63, 3.8) is 0 Å². The number of anilines is 1. The molecule has 4 rings (SSSR count). The number of rotatable bonds is 9. The summed E-state index contributed by atoms with van der Waals surface area (Å²) in [6.45, 7) is -0.195. The van der Waals surface area contributed by atoms with Crippen molar-refractivity contribution in [3.05, 3.63) is 64.5 Å². The molecule has 0 radical (unpaired) electrons. The molecule has 0 spiro atoms. The third kappa shape index (κ3) is 5.67. The van der Waals surface area contributed by atoms with Crippen molar-refractivity contribution in [2.75, 3.05) is 11.6 Å². The van der Waals surface area contributed by atoms with E-state index in [2.05, 4.69) is 20.6 Å². The van der Waals surface area contributed by atoms with E-state index in [0.717, 1.165) is 49.5 Å². The van der Waals surface area contributed by atoms with Crippen LogP contribution in [0, 0.1) is 17.6 Å². The predicted octanol–water partition coefficient (Wildman–Crippen LogP) is 3.31. The Morgan fingerprint density at radius 3 is 2.50 bits per heavy atom. The summed E-state index contributed by atoms with van der Waals surface area (Å²) in [4.78, 5) is 21.7. The van der Waals surface area contributed by atoms with E-state index in [-0.39, 0.29) is 35.3 Å². The fraction of sp³-hybridized carbons (Fsp3) is 0.409. The summed E-state index contributed by atoms with van der Waals surface area (Å²) in [7, 11) is -3.33. The fourth-order valence-corrected chi connectivity index (χ4v) is 3.80. The van der Waals surface area contributed by atoms with Crippen LogP contribution < -0.4 is 10.6 Å². The third-order valence-corrected chi connectivity index (χ3v) is 6.10. The minimum absolute atomic E-state index is 0.129. The molecule has 32 heavy (non-hydrogen) atoms. The maximum absolute atomic E-state index is 14.0. The molecule has 2 saturated carbocycles. The molecule has 0 saturated heterocycles. The number of carbonyl (C=O) groups is 1. The Morgan fingerprint density at radius 1 is 1.22 bits per heavy atom. The largest absolute Gasteiger partial charge is 0.365 e. The van der Waals surface area contributed by atoms with Gasteiger partial charge >= 0.3 is 0 Å². The standard InChI is InChI=1S/C22H24F2N4O3S/c1-32(30,31)10-9-19(13-5-6-13)27-22(29)16-12-25-20(14-7-8-14)28-21(16)26-11-15-17(23)3-2-4-18(15)24/h2-4,9-10,12-14,19H,5-8,11H2,1H3,(H,27,29)(H,25,26,28)/b10-9+/t19-/m1/s1. The van der Waals surface area contributed by atoms with Gasteiger partial charge in [-0.2, -0.15) is 0 Å². The van der Waals surface area contributed by atoms with Gasteiger partial charge in [-0.25, -0.2) is 27.2 Å². The molecule has 2 aliphatic carbocycles. The molecule has 2 aromatic rings. The lowest BCUT2D eigenvalue weighted by Gasteiger charge is -2.17. The molecule has 1 heterocycles. The van der Waals surface area contributed by atoms with Crippen LogP contribution in [0.25, 0.3) is 0 Å². The lowest BCUT2D eigenvalue weighted by Crippen LogP contribution is -2.35. The van der Waals surface area contributed by atoms with Crippen molar-refractivity contribution in [2.45, 2.75) is 44.2 Å². The van der Waals surface area contributed by atoms with Gasteiger partial charge in [0.1, 0.15) is 28.8 Å². The highest BCUT2D eigenvalue weighted by atomic mass is 32.2. The first-order valence-electron chi connectivity index (χ1n) is 10.4. The van der Waals surface area contributed by atoms with E-state index >= 15 is 0 Å². The monoisotopic (exact) mass is 462 g/mol. The van der Waals surface area contributed by atoms with Crippen LogP contribution in [0.3, 0.4) is 0 Å². The lowest BCUT2D eigenvalue weighted by atomic mass is 10.1. The Hall–Kier alpha value is -2.88. The van der Waals surface area contributed by atoms with E-state index in [1.807, 2.05) is 0 Å². The third-order valence-electron chi connectivity index (χ3n) is 5.45. The minimum Gasteiger partial charge on any atom is -0.365 e. The van der Waals surface area contributed by atoms with Crippen LogP contribution in [0.4, 0.5) is 14.6 Å². The zero-order valence-electron chi connectivity index (χ0n) is 17.5. The van der Waals surface area contributed by atoms with Crippen LogP contribution in [-0.2, 0) is 16.4 Å². The summed E-state index contributed by atoms with van der Waals surface area (Å²) in [5, 5.41) is 6.81. The second kappa shape index (κ2) is 8.93. The van der Waals surface area contributed by atoms with Gasteiger partial charge in [-0.05, 0) is 43.7 Å². The Labute approximate surface area is 185 Å². The Balaban J connectivity index is 1.57. The Kier molecular flexibility index (Phi) is 6.23. The SMILES string of the molecule is CS(=O)(=O)/C=C/[C@@H](NC(=O)c1cnc(C2CC2)nc1NCc1c(F)cccc1F)C1CC1. The molecule has 7 nitrogen and oxygen atoms in total. The van der Waals surface area contributed by atoms with Crippen molar-refractivity contribution < 1.29 is 22.0 Å². The highest BCUT2D eigenvalue weighted by Gasteiger charge is 2.32. The molecule has 2 N–H and O–H groups in total. The van der Waals surface area contributed by atoms with Crippen LogP contribution in [0.2, 0.25) is 0 Å². The quantitative estimate of drug-likeness (QED) is 0.593. The van der Waals surface area contributed by atoms with Gasteiger partial charge in [0.15, 0.2) is 9.84 Å². The number of halogens is 2. The lowest BCUT2D eigenvalue weighted by molar-refractivity contribution is 0.0940. The molecule has 0 bridgehead atoms. The summed E-state index contributed by atoms with van der Waals surface area (Å²) in [5.41, 5.74) is -0.0260. The molecule has 170 valence electrons. The van der Waals surface area contributed by atoms with Gasteiger partial charge in [0, 0.05) is 35.9 Å². The van der Waals surface area contributed by atoms with E-state index in [4.69, 9.17) is 0 Å². The molecule has 2 fully saturated rings. The number of sulfone groups is 1. The van der Waals surface area contributed by atoms with Gasteiger partial charge in [0.25, 0.3) is 5.91 Å². The number of carbonyl (C=O) groups excluding carboxylic acids is 1. The average Bonchev–Trinajstić information content (AvgIpc) is 3.62. The maximum Gasteiger partial charge on any atom is 0.257 e. The number of nitrogens with zero attached hydrogens (tertiary/aromatic N) is 2.